The van der Waals surface area contributed by atoms with Crippen LogP contribution in [-0.4, -0.2) is 16.4 Å². The third-order valence-electron chi connectivity index (χ3n) is 8.01. The van der Waals surface area contributed by atoms with Crippen molar-refractivity contribution in [3.8, 4) is 10.1 Å². The molecule has 2 heterocycles. The van der Waals surface area contributed by atoms with Gasteiger partial charge in [-0.2, -0.15) is 0 Å². The first kappa shape index (κ1) is 44.4. The summed E-state index contributed by atoms with van der Waals surface area (Å²) < 4.78 is 296. The minimum Gasteiger partial charge on any atom is -0.499 e. The molecule has 4 aromatic carbocycles. The summed E-state index contributed by atoms with van der Waals surface area (Å²) in [4.78, 5) is 0. The average Bonchev–Trinajstić information content (AvgIpc) is 3.80. The minimum absolute atomic E-state index is 0.213. The molecule has 2 N–H and O–H groups in total. The van der Waals surface area contributed by atoms with E-state index in [-0.39, 0.29) is 21.2 Å². The lowest BCUT2D eigenvalue weighted by Gasteiger charge is -2.44. The van der Waals surface area contributed by atoms with E-state index in [1.165, 1.54) is 28.4 Å². The highest BCUT2D eigenvalue weighted by Gasteiger charge is 2.52. The van der Waals surface area contributed by atoms with Crippen LogP contribution in [0, 0.1) is 122 Å². The molecule has 2 aromatic heterocycles. The summed E-state index contributed by atoms with van der Waals surface area (Å²) in [5.41, 5.74) is -14.3. The van der Waals surface area contributed by atoms with Crippen molar-refractivity contribution < 1.29 is 119 Å². The number of hydrogen-bond donors (Lipinski definition) is 2. The predicted molar refractivity (Wildman–Crippen MR) is 159 cm³/mol. The Morgan fingerprint density at radius 3 is 0.621 bits per heavy atom. The predicted octanol–water partition coefficient (Wildman–Crippen LogP) is 5.20. The van der Waals surface area contributed by atoms with Gasteiger partial charge in [0.2, 0.25) is 0 Å². The first-order valence-corrected chi connectivity index (χ1v) is 18.2. The molecule has 0 spiro atoms. The van der Waals surface area contributed by atoms with Crippen molar-refractivity contribution in [3.63, 3.8) is 0 Å². The molecular weight excluding hydrogens is 998 g/mol. The summed E-state index contributed by atoms with van der Waals surface area (Å²) in [7, 11) is 0. The molecule has 0 radical (unpaired) electrons. The van der Waals surface area contributed by atoms with Crippen molar-refractivity contribution in [3.05, 3.63) is 146 Å². The standard InChI is InChI=1S/C24BF20.C8H5IO2S2/c26-5-1(6(27)14(35)21(42)13(5)34)25(2-7(28)15(36)22(43)16(37)8(2)29,3-9(30)17(38)23(44)18(39)10(3)31)4-11(32)19(40)24(45)20(41)12(4)33;10-7-3-1-5(12-7)9-6-2-4-8(11)13-6/h;1-4H,(H-,10,11)/q-1;/p+1. The fraction of sp³-hybridized carbons (Fsp3) is 0. The lowest BCUT2D eigenvalue weighted by atomic mass is 9.12. The van der Waals surface area contributed by atoms with E-state index in [1.54, 1.807) is 12.1 Å². The van der Waals surface area contributed by atoms with E-state index in [9.17, 15) is 52.7 Å². The first-order chi connectivity index (χ1) is 26.9. The van der Waals surface area contributed by atoms with Crippen molar-refractivity contribution >= 4 is 50.7 Å². The normalized spacial score (nSPS) is 11.7. The van der Waals surface area contributed by atoms with Gasteiger partial charge in [0.25, 0.3) is 5.77 Å². The summed E-state index contributed by atoms with van der Waals surface area (Å²) in [6.45, 7) is 0. The Balaban J connectivity index is 0.000000414. The highest BCUT2D eigenvalue weighted by molar-refractivity contribution is 7.20. The van der Waals surface area contributed by atoms with E-state index in [0.29, 0.717) is 10.1 Å². The molecule has 0 aliphatic carbocycles. The number of thiophene rings is 2. The summed E-state index contributed by atoms with van der Waals surface area (Å²) in [6, 6.07) is 7.33. The van der Waals surface area contributed by atoms with Crippen LogP contribution in [0.5, 0.6) is 10.1 Å². The molecule has 0 fully saturated rings. The maximum atomic E-state index is 15.4. The Morgan fingerprint density at radius 2 is 0.466 bits per heavy atom. The van der Waals surface area contributed by atoms with Crippen LogP contribution in [0.2, 0.25) is 0 Å². The van der Waals surface area contributed by atoms with Crippen LogP contribution in [0.15, 0.2) is 24.3 Å². The number of benzene rings is 4. The van der Waals surface area contributed by atoms with Crippen molar-refractivity contribution in [1.82, 2.24) is 0 Å². The van der Waals surface area contributed by atoms with Gasteiger partial charge in [-0.25, -0.2) is 87.8 Å². The fourth-order valence-electron chi connectivity index (χ4n) is 5.68. The second kappa shape index (κ2) is 16.1. The van der Waals surface area contributed by atoms with Gasteiger partial charge in [-0.15, -0.1) is 21.9 Å². The second-order valence-corrected chi connectivity index (χ2v) is 17.5. The molecule has 0 unspecified atom stereocenters. The van der Waals surface area contributed by atoms with Gasteiger partial charge in [0.1, 0.15) is 52.7 Å². The Kier molecular flexibility index (Phi) is 12.4. The molecule has 0 aliphatic heterocycles. The van der Waals surface area contributed by atoms with E-state index in [0.717, 1.165) is 0 Å². The van der Waals surface area contributed by atoms with Crippen molar-refractivity contribution in [2.45, 2.75) is 0 Å². The monoisotopic (exact) mass is 1000 g/mol. The van der Waals surface area contributed by atoms with Crippen molar-refractivity contribution in [2.24, 2.45) is 0 Å². The van der Waals surface area contributed by atoms with E-state index in [1.807, 2.05) is 12.1 Å². The van der Waals surface area contributed by atoms with E-state index in [4.69, 9.17) is 10.2 Å². The van der Waals surface area contributed by atoms with Crippen molar-refractivity contribution in [1.29, 1.82) is 0 Å². The summed E-state index contributed by atoms with van der Waals surface area (Å²) in [5, 5.41) is 19.0. The molecule has 6 rings (SSSR count). The lowest BCUT2D eigenvalue weighted by molar-refractivity contribution is -0.585. The zero-order valence-corrected chi connectivity index (χ0v) is 30.3. The number of rotatable bonds is 6. The van der Waals surface area contributed by atoms with Gasteiger partial charge in [0, 0.05) is 12.1 Å². The largest absolute Gasteiger partial charge is 0.499 e. The van der Waals surface area contributed by atoms with Crippen LogP contribution < -0.4 is 43.1 Å². The number of halogens is 21. The first-order valence-electron chi connectivity index (χ1n) is 14.4. The Labute approximate surface area is 325 Å². The van der Waals surface area contributed by atoms with Gasteiger partial charge < -0.3 is 10.2 Å². The maximum absolute atomic E-state index is 15.4. The average molecular weight is 1000 g/mol. The molecule has 58 heavy (non-hydrogen) atoms. The maximum Gasteiger partial charge on any atom is 0.381 e. The highest BCUT2D eigenvalue weighted by atomic mass is 127. The molecule has 0 saturated heterocycles. The minimum atomic E-state index is -7.22. The summed E-state index contributed by atoms with van der Waals surface area (Å²) >= 11 is 2.63. The molecule has 2 nitrogen and oxygen atoms in total. The number of hydrogen-bond acceptors (Lipinski definition) is 4. The lowest BCUT2D eigenvalue weighted by Crippen LogP contribution is -3.61. The molecule has 0 aliphatic rings. The Hall–Kier alpha value is -4.73. The quantitative estimate of drug-likeness (QED) is 0.0794. The molecule has 308 valence electrons. The third-order valence-corrected chi connectivity index (χ3v) is 13.5. The smallest absolute Gasteiger partial charge is 0.381 e. The number of aromatic hydroxyl groups is 2. The van der Waals surface area contributed by atoms with E-state index >= 15 is 35.1 Å². The molecule has 0 bridgehead atoms. The SMILES string of the molecule is Fc1c(F)c(F)c([B-](c2c(F)c(F)c(F)c(F)c2F)(c2c(F)c(F)c(F)c(F)c2F)c2c(F)c(F)c(F)c(F)c2F)c(F)c1F.Oc1ccc([I+]c2ccc(O)s2)s1. The molecular formula is C32H6BF20IO2S2. The summed E-state index contributed by atoms with van der Waals surface area (Å²) in [6.07, 6.45) is -7.22. The second-order valence-electron chi connectivity index (χ2n) is 11.1. The molecule has 6 aromatic rings. The van der Waals surface area contributed by atoms with Crippen LogP contribution >= 0.6 is 22.7 Å². The molecule has 26 heteroatoms. The van der Waals surface area contributed by atoms with Crippen LogP contribution in [0.4, 0.5) is 87.8 Å². The van der Waals surface area contributed by atoms with Crippen LogP contribution in [-0.2, 0) is 0 Å². The van der Waals surface area contributed by atoms with Gasteiger partial charge in [-0.3, -0.25) is 0 Å². The van der Waals surface area contributed by atoms with E-state index in [2.05, 4.69) is 0 Å². The fourth-order valence-corrected chi connectivity index (χ4v) is 11.4. The zero-order valence-electron chi connectivity index (χ0n) is 26.5. The van der Waals surface area contributed by atoms with Gasteiger partial charge in [-0.05, 0) is 12.1 Å². The summed E-state index contributed by atoms with van der Waals surface area (Å²) in [5.74, 6) is -71.4. The van der Waals surface area contributed by atoms with Crippen molar-refractivity contribution in [2.75, 3.05) is 0 Å². The highest BCUT2D eigenvalue weighted by Crippen LogP contribution is 2.31. The molecule has 0 saturated carbocycles. The van der Waals surface area contributed by atoms with Gasteiger partial charge >= 0.3 is 21.2 Å². The van der Waals surface area contributed by atoms with Gasteiger partial charge in [0.15, 0.2) is 79.9 Å². The Morgan fingerprint density at radius 1 is 0.293 bits per heavy atom. The van der Waals surface area contributed by atoms with E-state index < -0.39 is 144 Å². The molecule has 0 amide bonds. The topological polar surface area (TPSA) is 40.5 Å². The van der Waals surface area contributed by atoms with Crippen LogP contribution in [0.3, 0.4) is 0 Å². The Bertz CT molecular complexity index is 2230. The van der Waals surface area contributed by atoms with Gasteiger partial charge in [0.05, 0.1) is 0 Å². The zero-order chi connectivity index (χ0) is 43.6. The van der Waals surface area contributed by atoms with Crippen LogP contribution in [0.1, 0.15) is 0 Å². The van der Waals surface area contributed by atoms with Crippen LogP contribution in [0.25, 0.3) is 0 Å². The van der Waals surface area contributed by atoms with Gasteiger partial charge in [-0.1, -0.05) is 22.7 Å². The third kappa shape index (κ3) is 6.88. The molecule has 0 atom stereocenters.